The number of carbonyl (C=O) groups is 1. The zero-order valence-corrected chi connectivity index (χ0v) is 12.5. The molecule has 1 heterocycles. The number of carboxylic acid groups (broad SMARTS) is 1. The molecule has 0 amide bonds. The van der Waals surface area contributed by atoms with Crippen molar-refractivity contribution < 1.29 is 26.7 Å². The van der Waals surface area contributed by atoms with E-state index in [-0.39, 0.29) is 40.7 Å². The molecule has 0 aromatic heterocycles. The Hall–Kier alpha value is -1.65. The van der Waals surface area contributed by atoms with Crippen LogP contribution in [0.25, 0.3) is 0 Å². The molecule has 1 aromatic carbocycles. The maximum absolute atomic E-state index is 12.4. The lowest BCUT2D eigenvalue weighted by atomic mass is 10.2. The number of sulfone groups is 1. The van der Waals surface area contributed by atoms with Gasteiger partial charge in [0.25, 0.3) is 0 Å². The molecule has 1 aromatic rings. The van der Waals surface area contributed by atoms with Crippen LogP contribution in [0.3, 0.4) is 0 Å². The van der Waals surface area contributed by atoms with Gasteiger partial charge in [-0.15, -0.1) is 0 Å². The number of rotatable bonds is 3. The van der Waals surface area contributed by atoms with Crippen LogP contribution in [0.4, 0.5) is 5.69 Å². The first kappa shape index (κ1) is 15.7. The number of anilines is 1. The molecule has 1 aliphatic rings. The van der Waals surface area contributed by atoms with Gasteiger partial charge in [-0.2, -0.15) is 4.31 Å². The van der Waals surface area contributed by atoms with E-state index in [0.717, 1.165) is 22.5 Å². The highest BCUT2D eigenvalue weighted by Gasteiger charge is 2.32. The third-order valence-electron chi connectivity index (χ3n) is 3.18. The van der Waals surface area contributed by atoms with Gasteiger partial charge in [0.2, 0.25) is 10.0 Å². The first-order valence-electron chi connectivity index (χ1n) is 5.97. The average Bonchev–Trinajstić information content (AvgIpc) is 2.37. The van der Waals surface area contributed by atoms with Gasteiger partial charge in [-0.25, -0.2) is 21.6 Å². The molecular formula is C11H14N2O6S2. The van der Waals surface area contributed by atoms with Crippen LogP contribution in [-0.2, 0) is 19.9 Å². The van der Waals surface area contributed by atoms with Crippen LogP contribution in [0.2, 0.25) is 0 Å². The molecule has 1 aliphatic heterocycles. The summed E-state index contributed by atoms with van der Waals surface area (Å²) in [7, 11) is -7.14. The Morgan fingerprint density at radius 2 is 1.81 bits per heavy atom. The van der Waals surface area contributed by atoms with Crippen molar-refractivity contribution in [2.24, 2.45) is 0 Å². The second-order valence-corrected chi connectivity index (χ2v) is 8.82. The Labute approximate surface area is 122 Å². The van der Waals surface area contributed by atoms with Gasteiger partial charge in [-0.05, 0) is 18.2 Å². The number of carboxylic acids is 1. The van der Waals surface area contributed by atoms with E-state index < -0.39 is 25.8 Å². The standard InChI is InChI=1S/C11H14N2O6S2/c12-9-7-8(11(14)15)1-2-10(9)21(18,19)13-3-5-20(16,17)6-4-13/h1-2,7H,3-6,12H2,(H,14,15). The van der Waals surface area contributed by atoms with Crippen molar-refractivity contribution in [1.29, 1.82) is 0 Å². The Morgan fingerprint density at radius 1 is 1.24 bits per heavy atom. The molecular weight excluding hydrogens is 320 g/mol. The van der Waals surface area contributed by atoms with E-state index in [4.69, 9.17) is 10.8 Å². The van der Waals surface area contributed by atoms with E-state index in [1.807, 2.05) is 0 Å². The maximum atomic E-state index is 12.4. The van der Waals surface area contributed by atoms with E-state index in [0.29, 0.717) is 0 Å². The SMILES string of the molecule is Nc1cc(C(=O)O)ccc1S(=O)(=O)N1CCS(=O)(=O)CC1. The summed E-state index contributed by atoms with van der Waals surface area (Å²) in [4.78, 5) is 10.6. The van der Waals surface area contributed by atoms with Gasteiger partial charge in [0.15, 0.2) is 9.84 Å². The molecule has 116 valence electrons. The van der Waals surface area contributed by atoms with Crippen LogP contribution in [0.15, 0.2) is 23.1 Å². The van der Waals surface area contributed by atoms with E-state index in [9.17, 15) is 21.6 Å². The van der Waals surface area contributed by atoms with E-state index in [2.05, 4.69) is 0 Å². The molecule has 1 saturated heterocycles. The number of nitrogens with zero attached hydrogens (tertiary/aromatic N) is 1. The van der Waals surface area contributed by atoms with Crippen LogP contribution in [0.1, 0.15) is 10.4 Å². The van der Waals surface area contributed by atoms with Gasteiger partial charge in [0.05, 0.1) is 22.8 Å². The van der Waals surface area contributed by atoms with E-state index in [1.54, 1.807) is 0 Å². The average molecular weight is 334 g/mol. The molecule has 1 fully saturated rings. The molecule has 0 spiro atoms. The van der Waals surface area contributed by atoms with Crippen molar-refractivity contribution in [3.8, 4) is 0 Å². The van der Waals surface area contributed by atoms with Crippen molar-refractivity contribution >= 4 is 31.5 Å². The Kier molecular flexibility index (Phi) is 3.95. The predicted molar refractivity (Wildman–Crippen MR) is 75.2 cm³/mol. The fourth-order valence-corrected chi connectivity index (χ4v) is 4.96. The summed E-state index contributed by atoms with van der Waals surface area (Å²) in [6.07, 6.45) is 0. The number of hydrogen-bond donors (Lipinski definition) is 2. The van der Waals surface area contributed by atoms with E-state index >= 15 is 0 Å². The largest absolute Gasteiger partial charge is 0.478 e. The second-order valence-electron chi connectivity index (χ2n) is 4.61. The smallest absolute Gasteiger partial charge is 0.335 e. The molecule has 3 N–H and O–H groups in total. The molecule has 0 atom stereocenters. The summed E-state index contributed by atoms with van der Waals surface area (Å²) >= 11 is 0. The normalized spacial score (nSPS) is 19.2. The minimum atomic E-state index is -3.93. The predicted octanol–water partition coefficient (Wildman–Crippen LogP) is -0.614. The summed E-state index contributed by atoms with van der Waals surface area (Å²) in [6.45, 7) is -0.268. The van der Waals surface area contributed by atoms with Crippen LogP contribution >= 0.6 is 0 Å². The lowest BCUT2D eigenvalue weighted by Gasteiger charge is -2.26. The number of benzene rings is 1. The molecule has 0 aliphatic carbocycles. The fourth-order valence-electron chi connectivity index (χ4n) is 1.99. The number of sulfonamides is 1. The number of aromatic carboxylic acids is 1. The Bertz CT molecular complexity index is 771. The van der Waals surface area contributed by atoms with Crippen molar-refractivity contribution in [1.82, 2.24) is 4.31 Å². The molecule has 0 bridgehead atoms. The molecule has 8 nitrogen and oxygen atoms in total. The molecule has 0 unspecified atom stereocenters. The van der Waals surface area contributed by atoms with Crippen molar-refractivity contribution in [3.63, 3.8) is 0 Å². The summed E-state index contributed by atoms with van der Waals surface area (Å²) in [6, 6.07) is 3.33. The summed E-state index contributed by atoms with van der Waals surface area (Å²) < 4.78 is 48.5. The molecule has 0 saturated carbocycles. The topological polar surface area (TPSA) is 135 Å². The minimum absolute atomic E-state index is 0.118. The quantitative estimate of drug-likeness (QED) is 0.704. The molecule has 0 radical (unpaired) electrons. The second kappa shape index (κ2) is 5.28. The van der Waals surface area contributed by atoms with E-state index in [1.165, 1.54) is 0 Å². The Balaban J connectivity index is 2.34. The molecule has 10 heteroatoms. The number of nitrogens with two attached hydrogens (primary N) is 1. The van der Waals surface area contributed by atoms with Crippen LogP contribution in [0.5, 0.6) is 0 Å². The van der Waals surface area contributed by atoms with Crippen molar-refractivity contribution in [2.75, 3.05) is 30.3 Å². The van der Waals surface area contributed by atoms with Crippen molar-refractivity contribution in [3.05, 3.63) is 23.8 Å². The summed E-state index contributed by atoms with van der Waals surface area (Å²) in [5.41, 5.74) is 5.32. The zero-order valence-electron chi connectivity index (χ0n) is 10.9. The van der Waals surface area contributed by atoms with Crippen LogP contribution < -0.4 is 5.73 Å². The first-order chi connectivity index (χ1) is 9.63. The third kappa shape index (κ3) is 3.17. The molecule has 2 rings (SSSR count). The minimum Gasteiger partial charge on any atom is -0.478 e. The zero-order chi connectivity index (χ0) is 15.8. The summed E-state index contributed by atoms with van der Waals surface area (Å²) in [5, 5.41) is 8.83. The highest BCUT2D eigenvalue weighted by atomic mass is 32.2. The van der Waals surface area contributed by atoms with Crippen molar-refractivity contribution in [2.45, 2.75) is 4.90 Å². The number of nitrogen functional groups attached to an aromatic ring is 1. The van der Waals surface area contributed by atoms with Gasteiger partial charge in [-0.3, -0.25) is 0 Å². The lowest BCUT2D eigenvalue weighted by Crippen LogP contribution is -2.43. The third-order valence-corrected chi connectivity index (χ3v) is 6.76. The first-order valence-corrected chi connectivity index (χ1v) is 9.23. The Morgan fingerprint density at radius 3 is 2.29 bits per heavy atom. The maximum Gasteiger partial charge on any atom is 0.335 e. The van der Waals surface area contributed by atoms with Gasteiger partial charge in [0.1, 0.15) is 4.90 Å². The van der Waals surface area contributed by atoms with Crippen LogP contribution in [-0.4, -0.2) is 56.8 Å². The number of hydrogen-bond acceptors (Lipinski definition) is 6. The summed E-state index contributed by atoms with van der Waals surface area (Å²) in [5.74, 6) is -1.69. The van der Waals surface area contributed by atoms with Gasteiger partial charge in [-0.1, -0.05) is 0 Å². The fraction of sp³-hybridized carbons (Fsp3) is 0.364. The highest BCUT2D eigenvalue weighted by Crippen LogP contribution is 2.24. The highest BCUT2D eigenvalue weighted by molar-refractivity contribution is 7.92. The van der Waals surface area contributed by atoms with Crippen LogP contribution in [0, 0.1) is 0 Å². The molecule has 21 heavy (non-hydrogen) atoms. The van der Waals surface area contributed by atoms with Gasteiger partial charge in [0, 0.05) is 13.1 Å². The lowest BCUT2D eigenvalue weighted by molar-refractivity contribution is 0.0697. The van der Waals surface area contributed by atoms with Gasteiger partial charge >= 0.3 is 5.97 Å². The van der Waals surface area contributed by atoms with Gasteiger partial charge < -0.3 is 10.8 Å². The monoisotopic (exact) mass is 334 g/mol.